The number of esters is 1. The lowest BCUT2D eigenvalue weighted by atomic mass is 9.95. The zero-order valence-corrected chi connectivity index (χ0v) is 25.4. The molecule has 0 spiro atoms. The minimum absolute atomic E-state index is 0.0967. The molecule has 15 heteroatoms. The van der Waals surface area contributed by atoms with Gasteiger partial charge in [-0.1, -0.05) is 12.8 Å². The number of rotatable bonds is 16. The summed E-state index contributed by atoms with van der Waals surface area (Å²) in [5, 5.41) is 4.56. The summed E-state index contributed by atoms with van der Waals surface area (Å²) < 4.78 is 46.1. The van der Waals surface area contributed by atoms with Gasteiger partial charge in [0, 0.05) is 19.3 Å². The third kappa shape index (κ3) is 9.08. The number of aromatic nitrogens is 3. The summed E-state index contributed by atoms with van der Waals surface area (Å²) in [5.41, 5.74) is -0.274. The number of anilines is 1. The van der Waals surface area contributed by atoms with Gasteiger partial charge >= 0.3 is 13.6 Å². The van der Waals surface area contributed by atoms with E-state index in [4.69, 9.17) is 39.8 Å². The molecular formula is C26H40ClN4O9P. The number of hydrogen-bond acceptors (Lipinski definition) is 11. The first-order valence-corrected chi connectivity index (χ1v) is 16.0. The molecule has 2 fully saturated rings. The summed E-state index contributed by atoms with van der Waals surface area (Å²) in [6.07, 6.45) is 6.79. The highest BCUT2D eigenvalue weighted by molar-refractivity contribution is 7.52. The number of carbonyl (C=O) groups is 1. The van der Waals surface area contributed by atoms with E-state index in [1.807, 2.05) is 16.8 Å². The molecule has 3 heterocycles. The van der Waals surface area contributed by atoms with Crippen LogP contribution < -0.4 is 5.32 Å². The zero-order chi connectivity index (χ0) is 29.5. The summed E-state index contributed by atoms with van der Waals surface area (Å²) in [4.78, 5) is 31.2. The summed E-state index contributed by atoms with van der Waals surface area (Å²) in [7, 11) is -2.60. The SMILES string of the molecule is COCCOCC(C)(C)C(=O)OCOP(=O)(O)COC[C@@H]1CC[C@H](n2ccc3c(NC4CCCC4)nc(Cl)nc32)O1. The van der Waals surface area contributed by atoms with Gasteiger partial charge in [-0.15, -0.1) is 0 Å². The van der Waals surface area contributed by atoms with E-state index in [1.54, 1.807) is 21.0 Å². The van der Waals surface area contributed by atoms with Crippen LogP contribution in [0.4, 0.5) is 5.82 Å². The third-order valence-corrected chi connectivity index (χ3v) is 8.27. The van der Waals surface area contributed by atoms with E-state index in [0.29, 0.717) is 37.7 Å². The zero-order valence-electron chi connectivity index (χ0n) is 23.8. The first-order valence-electron chi connectivity index (χ1n) is 13.8. The van der Waals surface area contributed by atoms with Crippen molar-refractivity contribution in [2.45, 2.75) is 70.7 Å². The molecule has 1 aliphatic carbocycles. The average Bonchev–Trinajstić information content (AvgIpc) is 3.68. The Labute approximate surface area is 244 Å². The molecule has 13 nitrogen and oxygen atoms in total. The first kappa shape index (κ1) is 32.1. The van der Waals surface area contributed by atoms with Crippen LogP contribution in [0.5, 0.6) is 0 Å². The van der Waals surface area contributed by atoms with Crippen molar-refractivity contribution in [3.63, 3.8) is 0 Å². The highest BCUT2D eigenvalue weighted by atomic mass is 35.5. The first-order chi connectivity index (χ1) is 19.6. The van der Waals surface area contributed by atoms with Crippen molar-refractivity contribution >= 4 is 42.0 Å². The smallest absolute Gasteiger partial charge is 0.356 e. The molecule has 1 aliphatic heterocycles. The van der Waals surface area contributed by atoms with Crippen LogP contribution in [0.2, 0.25) is 5.28 Å². The summed E-state index contributed by atoms with van der Waals surface area (Å²) >= 11 is 6.26. The second kappa shape index (κ2) is 14.6. The number of ether oxygens (including phenoxy) is 5. The number of halogens is 1. The highest BCUT2D eigenvalue weighted by Crippen LogP contribution is 2.42. The Morgan fingerprint density at radius 3 is 2.76 bits per heavy atom. The fourth-order valence-corrected chi connectivity index (χ4v) is 5.64. The third-order valence-electron chi connectivity index (χ3n) is 7.09. The van der Waals surface area contributed by atoms with Gasteiger partial charge < -0.3 is 38.5 Å². The van der Waals surface area contributed by atoms with E-state index in [2.05, 4.69) is 15.3 Å². The largest absolute Gasteiger partial charge is 0.437 e. The topological polar surface area (TPSA) is 152 Å². The van der Waals surface area contributed by atoms with E-state index in [0.717, 1.165) is 24.0 Å². The van der Waals surface area contributed by atoms with Crippen molar-refractivity contribution in [3.8, 4) is 0 Å². The number of methoxy groups -OCH3 is 1. The molecule has 230 valence electrons. The van der Waals surface area contributed by atoms with Gasteiger partial charge in [0.05, 0.1) is 43.3 Å². The molecule has 1 unspecified atom stereocenters. The van der Waals surface area contributed by atoms with Crippen molar-refractivity contribution < 1.29 is 42.5 Å². The molecule has 0 aromatic carbocycles. The van der Waals surface area contributed by atoms with Gasteiger partial charge in [0.1, 0.15) is 24.0 Å². The van der Waals surface area contributed by atoms with Crippen molar-refractivity contribution in [1.29, 1.82) is 0 Å². The van der Waals surface area contributed by atoms with Gasteiger partial charge in [-0.05, 0) is 57.2 Å². The van der Waals surface area contributed by atoms with E-state index >= 15 is 0 Å². The second-order valence-electron chi connectivity index (χ2n) is 11.0. The minimum Gasteiger partial charge on any atom is -0.437 e. The Bertz CT molecular complexity index is 1210. The molecule has 1 saturated heterocycles. The van der Waals surface area contributed by atoms with Gasteiger partial charge in [-0.25, -0.2) is 4.98 Å². The van der Waals surface area contributed by atoms with Crippen LogP contribution in [-0.4, -0.2) is 84.2 Å². The van der Waals surface area contributed by atoms with Crippen LogP contribution in [0.15, 0.2) is 12.3 Å². The van der Waals surface area contributed by atoms with Crippen molar-refractivity contribution in [2.24, 2.45) is 5.41 Å². The minimum atomic E-state index is -4.15. The number of hydrogen-bond donors (Lipinski definition) is 2. The molecular weight excluding hydrogens is 579 g/mol. The van der Waals surface area contributed by atoms with Crippen LogP contribution in [-0.2, 0) is 37.6 Å². The van der Waals surface area contributed by atoms with E-state index in [1.165, 1.54) is 12.8 Å². The molecule has 2 aliphatic rings. The van der Waals surface area contributed by atoms with Gasteiger partial charge in [-0.2, -0.15) is 4.98 Å². The number of nitrogens with zero attached hydrogens (tertiary/aromatic N) is 3. The average molecular weight is 619 g/mol. The van der Waals surface area contributed by atoms with Gasteiger partial charge in [0.2, 0.25) is 12.1 Å². The summed E-state index contributed by atoms with van der Waals surface area (Å²) in [5.74, 6) is 0.110. The van der Waals surface area contributed by atoms with Crippen LogP contribution in [0.3, 0.4) is 0 Å². The molecule has 2 aromatic rings. The maximum atomic E-state index is 12.3. The fraction of sp³-hybridized carbons (Fsp3) is 0.731. The molecule has 3 atom stereocenters. The molecule has 2 N–H and O–H groups in total. The quantitative estimate of drug-likeness (QED) is 0.0896. The molecule has 2 aromatic heterocycles. The number of carbonyl (C=O) groups excluding carboxylic acids is 1. The van der Waals surface area contributed by atoms with Crippen molar-refractivity contribution in [2.75, 3.05) is 52.0 Å². The lowest BCUT2D eigenvalue weighted by molar-refractivity contribution is -0.164. The Kier molecular flexibility index (Phi) is 11.4. The molecule has 41 heavy (non-hydrogen) atoms. The Hall–Kier alpha value is -1.83. The molecule has 1 saturated carbocycles. The Morgan fingerprint density at radius 2 is 2.00 bits per heavy atom. The summed E-state index contributed by atoms with van der Waals surface area (Å²) in [6, 6.07) is 2.34. The predicted molar refractivity (Wildman–Crippen MR) is 151 cm³/mol. The van der Waals surface area contributed by atoms with E-state index in [-0.39, 0.29) is 30.8 Å². The number of nitrogens with one attached hydrogen (secondary N) is 1. The lowest BCUT2D eigenvalue weighted by Crippen LogP contribution is -2.32. The standard InChI is InChI=1S/C26H40ClN4O9P/c1-26(2,15-36-13-12-35-3)24(32)38-16-39-41(33,34)17-37-14-19-8-9-21(40-19)31-11-10-20-22(28-18-6-4-5-7-18)29-25(27)30-23(20)31/h10-11,18-19,21H,4-9,12-17H2,1-3H3,(H,33,34)(H,28,29,30)/t19-,21+/m0/s1. The maximum absolute atomic E-state index is 12.3. The van der Waals surface area contributed by atoms with Crippen molar-refractivity contribution in [1.82, 2.24) is 14.5 Å². The molecule has 0 bridgehead atoms. The Morgan fingerprint density at radius 1 is 1.22 bits per heavy atom. The number of fused-ring (bicyclic) bond motifs is 1. The van der Waals surface area contributed by atoms with Gasteiger partial charge in [0.15, 0.2) is 0 Å². The highest BCUT2D eigenvalue weighted by Gasteiger charge is 2.32. The van der Waals surface area contributed by atoms with Gasteiger partial charge in [0.25, 0.3) is 0 Å². The van der Waals surface area contributed by atoms with Crippen LogP contribution in [0.25, 0.3) is 11.0 Å². The van der Waals surface area contributed by atoms with Crippen LogP contribution >= 0.6 is 19.2 Å². The monoisotopic (exact) mass is 618 g/mol. The fourth-order valence-electron chi connectivity index (χ4n) is 4.85. The van der Waals surface area contributed by atoms with Crippen LogP contribution in [0, 0.1) is 5.41 Å². The second-order valence-corrected chi connectivity index (χ2v) is 13.1. The predicted octanol–water partition coefficient (Wildman–Crippen LogP) is 4.48. The molecule has 0 amide bonds. The molecule has 0 radical (unpaired) electrons. The summed E-state index contributed by atoms with van der Waals surface area (Å²) in [6.45, 7) is 3.55. The van der Waals surface area contributed by atoms with Crippen LogP contribution in [0.1, 0.15) is 58.6 Å². The van der Waals surface area contributed by atoms with E-state index in [9.17, 15) is 14.3 Å². The van der Waals surface area contributed by atoms with Gasteiger partial charge in [-0.3, -0.25) is 13.9 Å². The Balaban J connectivity index is 1.21. The van der Waals surface area contributed by atoms with Crippen molar-refractivity contribution in [3.05, 3.63) is 17.5 Å². The van der Waals surface area contributed by atoms with E-state index < -0.39 is 32.1 Å². The lowest BCUT2D eigenvalue weighted by Gasteiger charge is -2.22. The normalized spacial score (nSPS) is 21.4. The molecule has 4 rings (SSSR count). The maximum Gasteiger partial charge on any atom is 0.356 e.